The molecule has 0 radical (unpaired) electrons. The molecule has 230 valence electrons. The van der Waals surface area contributed by atoms with E-state index >= 15 is 0 Å². The van der Waals surface area contributed by atoms with Crippen LogP contribution in [-0.4, -0.2) is 65.0 Å². The van der Waals surface area contributed by atoms with Gasteiger partial charge in [-0.15, -0.1) is 0 Å². The number of hydrogen-bond donors (Lipinski definition) is 5. The Hall–Kier alpha value is -3.43. The second-order valence-corrected chi connectivity index (χ2v) is 11.6. The van der Waals surface area contributed by atoms with Crippen LogP contribution >= 0.6 is 11.6 Å². The molecule has 2 amide bonds. The van der Waals surface area contributed by atoms with Gasteiger partial charge in [0.25, 0.3) is 5.91 Å². The topological polar surface area (TPSA) is 122 Å². The average molecular weight is 608 g/mol. The van der Waals surface area contributed by atoms with Gasteiger partial charge in [-0.25, -0.2) is 4.79 Å². The summed E-state index contributed by atoms with van der Waals surface area (Å²) in [7, 11) is 0. The molecule has 0 aliphatic carbocycles. The third-order valence-electron chi connectivity index (χ3n) is 8.32. The number of nitrogens with zero attached hydrogens (tertiary/aromatic N) is 1. The first-order chi connectivity index (χ1) is 20.8. The second-order valence-electron chi connectivity index (χ2n) is 11.2. The van der Waals surface area contributed by atoms with Crippen LogP contribution in [0.5, 0.6) is 0 Å². The van der Waals surface area contributed by atoms with E-state index in [0.29, 0.717) is 61.6 Å². The first-order valence-corrected chi connectivity index (χ1v) is 15.4. The summed E-state index contributed by atoms with van der Waals surface area (Å²) in [4.78, 5) is 26.6. The molecule has 3 aromatic carbocycles. The largest absolute Gasteiger partial charge is 0.465 e. The number of rotatable bonds is 13. The lowest BCUT2D eigenvalue weighted by atomic mass is 9.72. The molecule has 5 N–H and O–H groups in total. The molecule has 0 aromatic heterocycles. The van der Waals surface area contributed by atoms with Crippen LogP contribution in [0.3, 0.4) is 0 Å². The zero-order valence-electron chi connectivity index (χ0n) is 24.7. The number of aliphatic hydroxyl groups excluding tert-OH is 1. The van der Waals surface area contributed by atoms with Crippen molar-refractivity contribution in [2.75, 3.05) is 32.8 Å². The Morgan fingerprint density at radius 1 is 1.05 bits per heavy atom. The highest BCUT2D eigenvalue weighted by Gasteiger charge is 2.43. The zero-order chi connectivity index (χ0) is 30.8. The number of aliphatic hydroxyl groups is 2. The predicted molar refractivity (Wildman–Crippen MR) is 169 cm³/mol. The van der Waals surface area contributed by atoms with E-state index in [2.05, 4.69) is 29.7 Å². The van der Waals surface area contributed by atoms with Crippen LogP contribution in [0.2, 0.25) is 5.02 Å². The molecule has 1 unspecified atom stereocenters. The molecular formula is C34H42ClN3O5. The van der Waals surface area contributed by atoms with Gasteiger partial charge in [-0.05, 0) is 72.6 Å². The Labute approximate surface area is 258 Å². The molecule has 0 bridgehead atoms. The highest BCUT2D eigenvalue weighted by Crippen LogP contribution is 2.45. The minimum atomic E-state index is -1.36. The molecule has 1 heterocycles. The molecule has 1 fully saturated rings. The summed E-state index contributed by atoms with van der Waals surface area (Å²) in [5, 5.41) is 36.9. The van der Waals surface area contributed by atoms with Gasteiger partial charge in [0.15, 0.2) is 0 Å². The summed E-state index contributed by atoms with van der Waals surface area (Å²) < 4.78 is 0. The van der Waals surface area contributed by atoms with Crippen molar-refractivity contribution in [3.05, 3.63) is 94.0 Å². The number of piperidine rings is 1. The maximum absolute atomic E-state index is 13.6. The number of carbonyl (C=O) groups is 2. The van der Waals surface area contributed by atoms with E-state index < -0.39 is 11.7 Å². The number of likely N-dealkylation sites (tertiary alicyclic amines) is 1. The summed E-state index contributed by atoms with van der Waals surface area (Å²) >= 11 is 6.84. The van der Waals surface area contributed by atoms with Crippen LogP contribution in [-0.2, 0) is 18.6 Å². The molecule has 3 aromatic rings. The number of halogens is 1. The fraction of sp³-hybridized carbons (Fsp3) is 0.412. The summed E-state index contributed by atoms with van der Waals surface area (Å²) in [6, 6.07) is 21.2. The van der Waals surface area contributed by atoms with Gasteiger partial charge in [-0.3, -0.25) is 4.79 Å². The smallest absolute Gasteiger partial charge is 0.404 e. The SMILES string of the molecule is CCc1cccc(-c2c(Cl)cccc2C(O)(CCCNC(=O)O)[C@@H]2CCCN(C(=O)c3ccc(CNCCO)cc3)C2)c1. The molecule has 43 heavy (non-hydrogen) atoms. The average Bonchev–Trinajstić information content (AvgIpc) is 3.03. The van der Waals surface area contributed by atoms with E-state index in [1.807, 2.05) is 59.5 Å². The monoisotopic (exact) mass is 607 g/mol. The molecule has 8 nitrogen and oxygen atoms in total. The number of nitrogens with one attached hydrogen (secondary N) is 2. The van der Waals surface area contributed by atoms with Crippen LogP contribution in [0.1, 0.15) is 59.7 Å². The van der Waals surface area contributed by atoms with Crippen molar-refractivity contribution < 1.29 is 24.9 Å². The van der Waals surface area contributed by atoms with Crippen LogP contribution < -0.4 is 10.6 Å². The Balaban J connectivity index is 1.65. The lowest BCUT2D eigenvalue weighted by molar-refractivity contribution is -0.0563. The molecule has 2 atom stereocenters. The lowest BCUT2D eigenvalue weighted by Gasteiger charge is -2.44. The number of aryl methyl sites for hydroxylation is 1. The fourth-order valence-corrected chi connectivity index (χ4v) is 6.33. The highest BCUT2D eigenvalue weighted by molar-refractivity contribution is 6.33. The van der Waals surface area contributed by atoms with E-state index in [1.165, 1.54) is 0 Å². The summed E-state index contributed by atoms with van der Waals surface area (Å²) in [5.74, 6) is -0.375. The van der Waals surface area contributed by atoms with E-state index in [1.54, 1.807) is 0 Å². The Bertz CT molecular complexity index is 1380. The van der Waals surface area contributed by atoms with E-state index in [0.717, 1.165) is 35.1 Å². The van der Waals surface area contributed by atoms with E-state index in [-0.39, 0.29) is 25.0 Å². The van der Waals surface area contributed by atoms with Crippen LogP contribution in [0.4, 0.5) is 4.79 Å². The predicted octanol–water partition coefficient (Wildman–Crippen LogP) is 5.44. The molecule has 9 heteroatoms. The third-order valence-corrected chi connectivity index (χ3v) is 8.63. The van der Waals surface area contributed by atoms with Gasteiger partial charge in [0.1, 0.15) is 0 Å². The van der Waals surface area contributed by atoms with Crippen molar-refractivity contribution in [3.8, 4) is 11.1 Å². The highest BCUT2D eigenvalue weighted by atomic mass is 35.5. The van der Waals surface area contributed by atoms with Gasteiger partial charge in [-0.2, -0.15) is 0 Å². The van der Waals surface area contributed by atoms with E-state index in [9.17, 15) is 14.7 Å². The van der Waals surface area contributed by atoms with Gasteiger partial charge in [0.2, 0.25) is 0 Å². The summed E-state index contributed by atoms with van der Waals surface area (Å²) in [6.45, 7) is 4.42. The van der Waals surface area contributed by atoms with Gasteiger partial charge in [0, 0.05) is 54.8 Å². The van der Waals surface area contributed by atoms with Crippen molar-refractivity contribution >= 4 is 23.6 Å². The molecule has 1 saturated heterocycles. The molecule has 0 saturated carbocycles. The minimum absolute atomic E-state index is 0.0664. The standard InChI is InChI=1S/C34H42ClN3O5/c1-2-24-7-3-8-27(21-24)31-29(10-4-11-30(31)35)34(43,16-6-17-37-33(41)42)28-9-5-19-38(23-28)32(40)26-14-12-25(13-15-26)22-36-18-20-39/h3-4,7-8,10-15,21,28,36-37,39,43H,2,5-6,9,16-20,22-23H2,1H3,(H,41,42)/t28-,34?/m1/s1. The molecule has 0 spiro atoms. The third kappa shape index (κ3) is 8.15. The Morgan fingerprint density at radius 2 is 1.81 bits per heavy atom. The zero-order valence-corrected chi connectivity index (χ0v) is 25.4. The van der Waals surface area contributed by atoms with Crippen molar-refractivity contribution in [2.24, 2.45) is 5.92 Å². The number of amides is 2. The second kappa shape index (κ2) is 15.3. The summed E-state index contributed by atoms with van der Waals surface area (Å²) in [6.07, 6.45) is 1.92. The summed E-state index contributed by atoms with van der Waals surface area (Å²) in [5.41, 5.74) is 3.78. The van der Waals surface area contributed by atoms with Gasteiger partial charge < -0.3 is 30.9 Å². The Kier molecular flexibility index (Phi) is 11.6. The number of carbonyl (C=O) groups excluding carboxylic acids is 1. The lowest BCUT2D eigenvalue weighted by Crippen LogP contribution is -2.48. The van der Waals surface area contributed by atoms with Crippen LogP contribution in [0, 0.1) is 5.92 Å². The normalized spacial score (nSPS) is 16.5. The maximum atomic E-state index is 13.6. The minimum Gasteiger partial charge on any atom is -0.465 e. The first kappa shape index (κ1) is 32.5. The number of benzene rings is 3. The van der Waals surface area contributed by atoms with Gasteiger partial charge >= 0.3 is 6.09 Å². The first-order valence-electron chi connectivity index (χ1n) is 15.0. The molecule has 1 aliphatic rings. The van der Waals surface area contributed by atoms with E-state index in [4.69, 9.17) is 21.8 Å². The van der Waals surface area contributed by atoms with Crippen LogP contribution in [0.25, 0.3) is 11.1 Å². The van der Waals surface area contributed by atoms with Crippen LogP contribution in [0.15, 0.2) is 66.7 Å². The van der Waals surface area contributed by atoms with Crippen molar-refractivity contribution in [2.45, 2.75) is 51.2 Å². The van der Waals surface area contributed by atoms with Gasteiger partial charge in [0.05, 0.1) is 12.2 Å². The number of hydrogen-bond acceptors (Lipinski definition) is 5. The molecule has 1 aliphatic heterocycles. The Morgan fingerprint density at radius 3 is 2.53 bits per heavy atom. The van der Waals surface area contributed by atoms with Crippen molar-refractivity contribution in [1.29, 1.82) is 0 Å². The maximum Gasteiger partial charge on any atom is 0.404 e. The molecule has 4 rings (SSSR count). The fourth-order valence-electron chi connectivity index (χ4n) is 6.05. The van der Waals surface area contributed by atoms with Crippen molar-refractivity contribution in [1.82, 2.24) is 15.5 Å². The molecular weight excluding hydrogens is 566 g/mol. The van der Waals surface area contributed by atoms with Gasteiger partial charge in [-0.1, -0.05) is 67.1 Å². The number of carboxylic acid groups (broad SMARTS) is 1. The quantitative estimate of drug-likeness (QED) is 0.165. The van der Waals surface area contributed by atoms with Crippen molar-refractivity contribution in [3.63, 3.8) is 0 Å².